The summed E-state index contributed by atoms with van der Waals surface area (Å²) in [6.07, 6.45) is -1.39. The van der Waals surface area contributed by atoms with E-state index in [0.717, 1.165) is 0 Å². The van der Waals surface area contributed by atoms with Gasteiger partial charge in [-0.2, -0.15) is 0 Å². The van der Waals surface area contributed by atoms with Crippen molar-refractivity contribution in [1.82, 2.24) is 0 Å². The highest BCUT2D eigenvalue weighted by atomic mass is 79.9. The zero-order chi connectivity index (χ0) is 9.84. The number of alkyl halides is 1. The smallest absolute Gasteiger partial charge is 0.184 e. The number of aldehydes is 1. The molecule has 13 heavy (non-hydrogen) atoms. The van der Waals surface area contributed by atoms with E-state index in [4.69, 9.17) is 4.74 Å². The Labute approximate surface area is 83.8 Å². The van der Waals surface area contributed by atoms with Gasteiger partial charge in [0.25, 0.3) is 0 Å². The number of hydrogen-bond acceptors (Lipinski definition) is 2. The molecule has 0 aliphatic heterocycles. The topological polar surface area (TPSA) is 26.3 Å². The molecule has 70 valence electrons. The number of rotatable bonds is 3. The molecule has 1 unspecified atom stereocenters. The molecule has 0 aliphatic rings. The van der Waals surface area contributed by atoms with Crippen LogP contribution in [0.3, 0.4) is 0 Å². The van der Waals surface area contributed by atoms with E-state index < -0.39 is 6.17 Å². The second-order valence-corrected chi connectivity index (χ2v) is 3.25. The molecule has 2 nitrogen and oxygen atoms in total. The fraction of sp³-hybridized carbons (Fsp3) is 0.222. The predicted molar refractivity (Wildman–Crippen MR) is 50.6 cm³/mol. The van der Waals surface area contributed by atoms with Crippen molar-refractivity contribution >= 4 is 22.2 Å². The third-order valence-electron chi connectivity index (χ3n) is 1.62. The minimum atomic E-state index is -1.63. The van der Waals surface area contributed by atoms with Crippen molar-refractivity contribution in [2.24, 2.45) is 0 Å². The lowest BCUT2D eigenvalue weighted by Crippen LogP contribution is -1.97. The van der Waals surface area contributed by atoms with Gasteiger partial charge in [-0.25, -0.2) is 4.39 Å². The summed E-state index contributed by atoms with van der Waals surface area (Å²) < 4.78 is 18.6. The van der Waals surface area contributed by atoms with Gasteiger partial charge in [0.2, 0.25) is 0 Å². The van der Waals surface area contributed by atoms with E-state index in [2.05, 4.69) is 15.9 Å². The van der Waals surface area contributed by atoms with Gasteiger partial charge in [0.1, 0.15) is 5.75 Å². The Balaban J connectivity index is 3.19. The van der Waals surface area contributed by atoms with Crippen molar-refractivity contribution < 1.29 is 13.9 Å². The van der Waals surface area contributed by atoms with Gasteiger partial charge in [-0.3, -0.25) is 4.79 Å². The van der Waals surface area contributed by atoms with E-state index >= 15 is 0 Å². The van der Waals surface area contributed by atoms with Gasteiger partial charge in [-0.1, -0.05) is 12.1 Å². The number of para-hydroxylation sites is 1. The summed E-state index contributed by atoms with van der Waals surface area (Å²) >= 11 is 3.20. The molecule has 0 amide bonds. The Bertz CT molecular complexity index is 314. The van der Waals surface area contributed by atoms with E-state index in [-0.39, 0.29) is 11.8 Å². The first-order valence-electron chi connectivity index (χ1n) is 3.62. The van der Waals surface area contributed by atoms with Crippen LogP contribution in [0.2, 0.25) is 0 Å². The maximum atomic E-state index is 13.0. The Morgan fingerprint density at radius 2 is 2.31 bits per heavy atom. The highest BCUT2D eigenvalue weighted by molar-refractivity contribution is 9.10. The lowest BCUT2D eigenvalue weighted by molar-refractivity contribution is -0.112. The van der Waals surface area contributed by atoms with Crippen LogP contribution >= 0.6 is 15.9 Å². The minimum absolute atomic E-state index is 0.240. The largest absolute Gasteiger partial charge is 0.495 e. The van der Waals surface area contributed by atoms with Gasteiger partial charge in [0, 0.05) is 5.56 Å². The average molecular weight is 247 g/mol. The Hall–Kier alpha value is -0.900. The van der Waals surface area contributed by atoms with Crippen molar-refractivity contribution in [2.75, 3.05) is 7.11 Å². The first-order valence-corrected chi connectivity index (χ1v) is 4.41. The van der Waals surface area contributed by atoms with Crippen LogP contribution in [-0.2, 0) is 4.79 Å². The molecule has 0 saturated heterocycles. The van der Waals surface area contributed by atoms with Gasteiger partial charge in [0.15, 0.2) is 12.5 Å². The van der Waals surface area contributed by atoms with Crippen molar-refractivity contribution in [3.05, 3.63) is 28.2 Å². The second kappa shape index (κ2) is 4.37. The molecular weight excluding hydrogens is 239 g/mol. The number of halogens is 2. The third-order valence-corrected chi connectivity index (χ3v) is 2.24. The molecule has 0 heterocycles. The van der Waals surface area contributed by atoms with Crippen LogP contribution in [0.5, 0.6) is 5.75 Å². The monoisotopic (exact) mass is 246 g/mol. The lowest BCUT2D eigenvalue weighted by Gasteiger charge is -2.09. The fourth-order valence-electron chi connectivity index (χ4n) is 1.03. The average Bonchev–Trinajstić information content (AvgIpc) is 2.16. The first-order chi connectivity index (χ1) is 6.20. The summed E-state index contributed by atoms with van der Waals surface area (Å²) in [6, 6.07) is 4.89. The van der Waals surface area contributed by atoms with Crippen LogP contribution < -0.4 is 4.74 Å². The van der Waals surface area contributed by atoms with E-state index in [1.54, 1.807) is 12.1 Å². The Morgan fingerprint density at radius 3 is 2.85 bits per heavy atom. The number of benzene rings is 1. The number of hydrogen-bond donors (Lipinski definition) is 0. The van der Waals surface area contributed by atoms with E-state index in [1.807, 2.05) is 0 Å². The molecule has 1 atom stereocenters. The van der Waals surface area contributed by atoms with Crippen molar-refractivity contribution in [3.63, 3.8) is 0 Å². The van der Waals surface area contributed by atoms with Gasteiger partial charge >= 0.3 is 0 Å². The molecule has 0 aliphatic carbocycles. The predicted octanol–water partition coefficient (Wildman–Crippen LogP) is 2.67. The molecule has 1 aromatic rings. The van der Waals surface area contributed by atoms with Gasteiger partial charge in [-0.05, 0) is 22.0 Å². The van der Waals surface area contributed by atoms with Gasteiger partial charge < -0.3 is 4.74 Å². The van der Waals surface area contributed by atoms with Crippen LogP contribution in [0.15, 0.2) is 22.7 Å². The molecular formula is C9H8BrFO2. The van der Waals surface area contributed by atoms with Gasteiger partial charge in [-0.15, -0.1) is 0 Å². The minimum Gasteiger partial charge on any atom is -0.495 e. The number of carbonyl (C=O) groups excluding carboxylic acids is 1. The molecule has 0 saturated carbocycles. The maximum Gasteiger partial charge on any atom is 0.184 e. The summed E-state index contributed by atoms with van der Waals surface area (Å²) in [5.41, 5.74) is 0.242. The van der Waals surface area contributed by atoms with E-state index in [1.165, 1.54) is 13.2 Å². The summed E-state index contributed by atoms with van der Waals surface area (Å²) in [5, 5.41) is 0. The van der Waals surface area contributed by atoms with Crippen molar-refractivity contribution in [3.8, 4) is 5.75 Å². The zero-order valence-electron chi connectivity index (χ0n) is 6.96. The molecule has 1 rings (SSSR count). The van der Waals surface area contributed by atoms with Crippen LogP contribution in [0.25, 0.3) is 0 Å². The number of carbonyl (C=O) groups is 1. The number of ether oxygens (including phenoxy) is 1. The molecule has 0 bridgehead atoms. The SMILES string of the molecule is COc1c(Br)cccc1C(F)C=O. The lowest BCUT2D eigenvalue weighted by atomic mass is 10.1. The normalized spacial score (nSPS) is 12.2. The highest BCUT2D eigenvalue weighted by Gasteiger charge is 2.15. The molecule has 0 radical (unpaired) electrons. The highest BCUT2D eigenvalue weighted by Crippen LogP contribution is 2.33. The molecule has 0 aromatic heterocycles. The maximum absolute atomic E-state index is 13.0. The quantitative estimate of drug-likeness (QED) is 0.767. The van der Waals surface area contributed by atoms with E-state index in [0.29, 0.717) is 10.2 Å². The third kappa shape index (κ3) is 2.06. The number of methoxy groups -OCH3 is 1. The van der Waals surface area contributed by atoms with Crippen molar-refractivity contribution in [1.29, 1.82) is 0 Å². The molecule has 1 aromatic carbocycles. The van der Waals surface area contributed by atoms with Crippen molar-refractivity contribution in [2.45, 2.75) is 6.17 Å². The first kappa shape index (κ1) is 10.2. The Kier molecular flexibility index (Phi) is 3.42. The summed E-state index contributed by atoms with van der Waals surface area (Å²) in [7, 11) is 1.43. The fourth-order valence-corrected chi connectivity index (χ4v) is 1.57. The molecule has 0 spiro atoms. The van der Waals surface area contributed by atoms with Crippen LogP contribution in [0.1, 0.15) is 11.7 Å². The van der Waals surface area contributed by atoms with E-state index in [9.17, 15) is 9.18 Å². The van der Waals surface area contributed by atoms with Crippen LogP contribution in [0, 0.1) is 0 Å². The summed E-state index contributed by atoms with van der Waals surface area (Å²) in [6.45, 7) is 0. The van der Waals surface area contributed by atoms with Gasteiger partial charge in [0.05, 0.1) is 11.6 Å². The zero-order valence-corrected chi connectivity index (χ0v) is 8.55. The summed E-state index contributed by atoms with van der Waals surface area (Å²) in [4.78, 5) is 10.2. The van der Waals surface area contributed by atoms with Crippen LogP contribution in [0.4, 0.5) is 4.39 Å². The van der Waals surface area contributed by atoms with Crippen LogP contribution in [-0.4, -0.2) is 13.4 Å². The molecule has 4 heteroatoms. The molecule has 0 N–H and O–H groups in total. The second-order valence-electron chi connectivity index (χ2n) is 2.40. The summed E-state index contributed by atoms with van der Waals surface area (Å²) in [5.74, 6) is 0.363. The standard InChI is InChI=1S/C9H8BrFO2/c1-13-9-6(8(11)5-12)3-2-4-7(9)10/h2-5,8H,1H3. The molecule has 0 fully saturated rings. The Morgan fingerprint density at radius 1 is 1.62 bits per heavy atom.